The fraction of sp³-hybridized carbons (Fsp3) is 0.167. The van der Waals surface area contributed by atoms with E-state index in [9.17, 15) is 0 Å². The third-order valence-corrected chi connectivity index (χ3v) is 2.96. The average molecular weight is 217 g/mol. The van der Waals surface area contributed by atoms with E-state index >= 15 is 0 Å². The van der Waals surface area contributed by atoms with E-state index in [1.807, 2.05) is 12.3 Å². The molecule has 74 valence electrons. The van der Waals surface area contributed by atoms with Gasteiger partial charge in [0.05, 0.1) is 5.69 Å². The number of hydrogen-bond donors (Lipinski definition) is 0. The first-order valence-corrected chi connectivity index (χ1v) is 5.32. The molecule has 15 heavy (non-hydrogen) atoms. The fourth-order valence-corrected chi connectivity index (χ4v) is 2.21. The fourth-order valence-electron chi connectivity index (χ4n) is 2.06. The lowest BCUT2D eigenvalue weighted by atomic mass is 9.90. The maximum atomic E-state index is 5.78. The maximum absolute atomic E-state index is 5.78. The van der Waals surface area contributed by atoms with Gasteiger partial charge < -0.3 is 0 Å². The highest BCUT2D eigenvalue weighted by Gasteiger charge is 2.16. The predicted octanol–water partition coefficient (Wildman–Crippen LogP) is 2.90. The van der Waals surface area contributed by atoms with Crippen LogP contribution in [0.15, 0.2) is 30.5 Å². The molecule has 0 unspecified atom stereocenters. The highest BCUT2D eigenvalue weighted by Crippen LogP contribution is 2.31. The molecule has 3 heteroatoms. The minimum absolute atomic E-state index is 0.341. The Balaban J connectivity index is 2.26. The van der Waals surface area contributed by atoms with Crippen LogP contribution in [0.3, 0.4) is 0 Å². The molecule has 3 rings (SSSR count). The van der Waals surface area contributed by atoms with Crippen LogP contribution >= 0.6 is 11.6 Å². The van der Waals surface area contributed by atoms with Gasteiger partial charge in [-0.25, -0.2) is 9.97 Å². The van der Waals surface area contributed by atoms with Gasteiger partial charge in [0.25, 0.3) is 0 Å². The third kappa shape index (κ3) is 1.41. The van der Waals surface area contributed by atoms with Crippen LogP contribution in [0, 0.1) is 0 Å². The van der Waals surface area contributed by atoms with Crippen molar-refractivity contribution in [3.63, 3.8) is 0 Å². The molecule has 1 aliphatic rings. The van der Waals surface area contributed by atoms with Crippen LogP contribution in [0.4, 0.5) is 0 Å². The van der Waals surface area contributed by atoms with Crippen molar-refractivity contribution >= 4 is 11.6 Å². The van der Waals surface area contributed by atoms with Crippen LogP contribution < -0.4 is 0 Å². The first-order chi connectivity index (χ1) is 7.34. The number of nitrogens with zero attached hydrogens (tertiary/aromatic N) is 2. The standard InChI is InChI=1S/C12H9ClN2/c13-12-14-7-10-9-4-2-1-3-8(9)5-6-11(10)15-12/h1-4,7H,5-6H2. The van der Waals surface area contributed by atoms with Crippen molar-refractivity contribution < 1.29 is 0 Å². The molecule has 0 radical (unpaired) electrons. The van der Waals surface area contributed by atoms with E-state index in [-0.39, 0.29) is 0 Å². The molecule has 0 fully saturated rings. The zero-order chi connectivity index (χ0) is 10.3. The molecule has 0 saturated heterocycles. The Bertz CT molecular complexity index is 523. The first kappa shape index (κ1) is 8.86. The van der Waals surface area contributed by atoms with Crippen molar-refractivity contribution in [2.45, 2.75) is 12.8 Å². The van der Waals surface area contributed by atoms with E-state index in [1.54, 1.807) is 0 Å². The molecule has 0 spiro atoms. The Morgan fingerprint density at radius 3 is 2.87 bits per heavy atom. The molecule has 0 bridgehead atoms. The summed E-state index contributed by atoms with van der Waals surface area (Å²) in [6, 6.07) is 8.39. The highest BCUT2D eigenvalue weighted by atomic mass is 35.5. The summed E-state index contributed by atoms with van der Waals surface area (Å²) in [5.41, 5.74) is 4.81. The Labute approximate surface area is 93.0 Å². The molecule has 1 aromatic heterocycles. The van der Waals surface area contributed by atoms with Crippen LogP contribution in [0.1, 0.15) is 11.3 Å². The smallest absolute Gasteiger partial charge is 0.222 e. The molecule has 1 aliphatic carbocycles. The normalized spacial score (nSPS) is 13.1. The minimum atomic E-state index is 0.341. The number of halogens is 1. The molecule has 0 amide bonds. The van der Waals surface area contributed by atoms with Crippen molar-refractivity contribution in [1.29, 1.82) is 0 Å². The number of aryl methyl sites for hydroxylation is 2. The number of benzene rings is 1. The van der Waals surface area contributed by atoms with Gasteiger partial charge in [-0.2, -0.15) is 0 Å². The second-order valence-corrected chi connectivity index (χ2v) is 3.99. The molecule has 2 nitrogen and oxygen atoms in total. The van der Waals surface area contributed by atoms with Crippen molar-refractivity contribution in [3.8, 4) is 11.1 Å². The monoisotopic (exact) mass is 216 g/mol. The number of aromatic nitrogens is 2. The molecule has 0 N–H and O–H groups in total. The van der Waals surface area contributed by atoms with Gasteiger partial charge in [0.2, 0.25) is 5.28 Å². The number of fused-ring (bicyclic) bond motifs is 3. The lowest BCUT2D eigenvalue weighted by Gasteiger charge is -2.17. The van der Waals surface area contributed by atoms with Gasteiger partial charge in [-0.05, 0) is 35.6 Å². The zero-order valence-electron chi connectivity index (χ0n) is 8.07. The van der Waals surface area contributed by atoms with Gasteiger partial charge in [0.1, 0.15) is 0 Å². The van der Waals surface area contributed by atoms with Crippen molar-refractivity contribution in [2.24, 2.45) is 0 Å². The first-order valence-electron chi connectivity index (χ1n) is 4.94. The van der Waals surface area contributed by atoms with Crippen molar-refractivity contribution in [1.82, 2.24) is 9.97 Å². The Morgan fingerprint density at radius 2 is 1.93 bits per heavy atom. The Morgan fingerprint density at radius 1 is 1.07 bits per heavy atom. The number of hydrogen-bond acceptors (Lipinski definition) is 2. The lowest BCUT2D eigenvalue weighted by molar-refractivity contribution is 0.883. The topological polar surface area (TPSA) is 25.8 Å². The maximum Gasteiger partial charge on any atom is 0.222 e. The predicted molar refractivity (Wildman–Crippen MR) is 59.9 cm³/mol. The van der Waals surface area contributed by atoms with Crippen LogP contribution in [0.25, 0.3) is 11.1 Å². The summed E-state index contributed by atoms with van der Waals surface area (Å²) < 4.78 is 0. The van der Waals surface area contributed by atoms with E-state index in [1.165, 1.54) is 11.1 Å². The number of rotatable bonds is 0. The summed E-state index contributed by atoms with van der Waals surface area (Å²) in [5, 5.41) is 0.341. The third-order valence-electron chi connectivity index (χ3n) is 2.78. The molecular weight excluding hydrogens is 208 g/mol. The molecule has 2 aromatic rings. The van der Waals surface area contributed by atoms with E-state index in [0.29, 0.717) is 5.28 Å². The second-order valence-electron chi connectivity index (χ2n) is 3.66. The van der Waals surface area contributed by atoms with E-state index in [4.69, 9.17) is 11.6 Å². The summed E-state index contributed by atoms with van der Waals surface area (Å²) in [4.78, 5) is 8.31. The zero-order valence-corrected chi connectivity index (χ0v) is 8.83. The van der Waals surface area contributed by atoms with Crippen LogP contribution in [-0.4, -0.2) is 9.97 Å². The molecular formula is C12H9ClN2. The average Bonchev–Trinajstić information content (AvgIpc) is 2.28. The van der Waals surface area contributed by atoms with Crippen LogP contribution in [0.5, 0.6) is 0 Å². The van der Waals surface area contributed by atoms with Gasteiger partial charge in [-0.3, -0.25) is 0 Å². The summed E-state index contributed by atoms with van der Waals surface area (Å²) in [5.74, 6) is 0. The molecule has 0 atom stereocenters. The molecule has 1 aromatic carbocycles. The van der Waals surface area contributed by atoms with Crippen molar-refractivity contribution in [3.05, 3.63) is 47.0 Å². The van der Waals surface area contributed by atoms with Crippen LogP contribution in [-0.2, 0) is 12.8 Å². The summed E-state index contributed by atoms with van der Waals surface area (Å²) in [6.07, 6.45) is 3.81. The summed E-state index contributed by atoms with van der Waals surface area (Å²) >= 11 is 5.78. The highest BCUT2D eigenvalue weighted by molar-refractivity contribution is 6.28. The Kier molecular flexibility index (Phi) is 1.96. The van der Waals surface area contributed by atoms with Gasteiger partial charge in [0.15, 0.2) is 0 Å². The summed E-state index contributed by atoms with van der Waals surface area (Å²) in [7, 11) is 0. The van der Waals surface area contributed by atoms with E-state index < -0.39 is 0 Å². The second kappa shape index (κ2) is 3.31. The summed E-state index contributed by atoms with van der Waals surface area (Å²) in [6.45, 7) is 0. The SMILES string of the molecule is Clc1ncc2c(n1)CCc1ccccc1-2. The quantitative estimate of drug-likeness (QED) is 0.633. The van der Waals surface area contributed by atoms with Crippen LogP contribution in [0.2, 0.25) is 5.28 Å². The van der Waals surface area contributed by atoms with Gasteiger partial charge in [-0.15, -0.1) is 0 Å². The largest absolute Gasteiger partial charge is 0.226 e. The van der Waals surface area contributed by atoms with E-state index in [2.05, 4.69) is 28.2 Å². The van der Waals surface area contributed by atoms with Gasteiger partial charge in [-0.1, -0.05) is 24.3 Å². The molecule has 1 heterocycles. The van der Waals surface area contributed by atoms with Gasteiger partial charge in [0, 0.05) is 11.8 Å². The minimum Gasteiger partial charge on any atom is -0.226 e. The molecule has 0 aliphatic heterocycles. The lowest BCUT2D eigenvalue weighted by Crippen LogP contribution is -2.06. The van der Waals surface area contributed by atoms with E-state index in [0.717, 1.165) is 24.1 Å². The van der Waals surface area contributed by atoms with Gasteiger partial charge >= 0.3 is 0 Å². The Hall–Kier alpha value is -1.41. The molecule has 0 saturated carbocycles. The van der Waals surface area contributed by atoms with Crippen molar-refractivity contribution in [2.75, 3.05) is 0 Å².